The quantitative estimate of drug-likeness (QED) is 0.852. The molecule has 1 aromatic carbocycles. The third kappa shape index (κ3) is 3.11. The third-order valence-corrected chi connectivity index (χ3v) is 4.42. The molecule has 118 valence electrons. The van der Waals surface area contributed by atoms with Crippen molar-refractivity contribution in [2.45, 2.75) is 40.2 Å². The van der Waals surface area contributed by atoms with Gasteiger partial charge in [-0.3, -0.25) is 0 Å². The van der Waals surface area contributed by atoms with Crippen LogP contribution in [0, 0.1) is 19.8 Å². The van der Waals surface area contributed by atoms with Crippen molar-refractivity contribution in [1.29, 1.82) is 0 Å². The Morgan fingerprint density at radius 2 is 2.14 bits per heavy atom. The van der Waals surface area contributed by atoms with E-state index in [0.717, 1.165) is 41.8 Å². The van der Waals surface area contributed by atoms with Crippen molar-refractivity contribution in [2.24, 2.45) is 5.92 Å². The topological polar surface area (TPSA) is 38.5 Å². The Hall–Kier alpha value is -1.97. The van der Waals surface area contributed by atoms with E-state index in [2.05, 4.69) is 29.1 Å². The third-order valence-electron chi connectivity index (χ3n) is 4.42. The lowest BCUT2D eigenvalue weighted by Gasteiger charge is -2.33. The second-order valence-corrected chi connectivity index (χ2v) is 6.25. The van der Waals surface area contributed by atoms with Gasteiger partial charge < -0.3 is 14.2 Å². The smallest absolute Gasteiger partial charge is 0.143 e. The normalized spacial score (nSPS) is 18.5. The maximum Gasteiger partial charge on any atom is 0.143 e. The highest BCUT2D eigenvalue weighted by Crippen LogP contribution is 2.32. The van der Waals surface area contributed by atoms with E-state index in [1.807, 2.05) is 26.0 Å². The van der Waals surface area contributed by atoms with Gasteiger partial charge in [-0.1, -0.05) is 24.2 Å². The summed E-state index contributed by atoms with van der Waals surface area (Å²) in [6, 6.07) is 8.31. The highest BCUT2D eigenvalue weighted by Gasteiger charge is 2.19. The lowest BCUT2D eigenvalue weighted by molar-refractivity contribution is 0.300. The summed E-state index contributed by atoms with van der Waals surface area (Å²) >= 11 is 0. The maximum atomic E-state index is 6.09. The molecule has 0 spiro atoms. The summed E-state index contributed by atoms with van der Waals surface area (Å²) in [6.45, 7) is 8.91. The summed E-state index contributed by atoms with van der Waals surface area (Å²) in [4.78, 5) is 2.44. The second-order valence-electron chi connectivity index (χ2n) is 6.25. The molecule has 0 amide bonds. The summed E-state index contributed by atoms with van der Waals surface area (Å²) in [5, 5.41) is 3.99. The average Bonchev–Trinajstić information content (AvgIpc) is 2.84. The van der Waals surface area contributed by atoms with E-state index in [9.17, 15) is 0 Å². The van der Waals surface area contributed by atoms with Crippen molar-refractivity contribution < 1.29 is 9.26 Å². The van der Waals surface area contributed by atoms with E-state index in [4.69, 9.17) is 9.26 Å². The number of para-hydroxylation sites is 2. The number of hydrogen-bond donors (Lipinski definition) is 0. The van der Waals surface area contributed by atoms with Gasteiger partial charge >= 0.3 is 0 Å². The van der Waals surface area contributed by atoms with Gasteiger partial charge in [-0.15, -0.1) is 0 Å². The largest absolute Gasteiger partial charge is 0.487 e. The van der Waals surface area contributed by atoms with Gasteiger partial charge in [-0.05, 0) is 44.7 Å². The van der Waals surface area contributed by atoms with Crippen molar-refractivity contribution in [3.63, 3.8) is 0 Å². The van der Waals surface area contributed by atoms with Crippen LogP contribution in [0.5, 0.6) is 5.75 Å². The minimum Gasteiger partial charge on any atom is -0.487 e. The van der Waals surface area contributed by atoms with Gasteiger partial charge in [0.05, 0.1) is 16.9 Å². The summed E-state index contributed by atoms with van der Waals surface area (Å²) in [5.41, 5.74) is 3.14. The van der Waals surface area contributed by atoms with Gasteiger partial charge in [0.25, 0.3) is 0 Å². The van der Waals surface area contributed by atoms with Gasteiger partial charge in [0.15, 0.2) is 0 Å². The summed E-state index contributed by atoms with van der Waals surface area (Å²) in [6.07, 6.45) is 2.57. The molecule has 3 rings (SSSR count). The predicted molar refractivity (Wildman–Crippen MR) is 87.4 cm³/mol. The molecule has 1 unspecified atom stereocenters. The van der Waals surface area contributed by atoms with Crippen molar-refractivity contribution in [3.8, 4) is 5.75 Å². The molecule has 0 bridgehead atoms. The Morgan fingerprint density at radius 1 is 1.32 bits per heavy atom. The van der Waals surface area contributed by atoms with Crippen LogP contribution in [0.15, 0.2) is 28.8 Å². The second kappa shape index (κ2) is 6.42. The molecule has 1 atom stereocenters. The highest BCUT2D eigenvalue weighted by molar-refractivity contribution is 5.58. The van der Waals surface area contributed by atoms with Crippen LogP contribution in [0.4, 0.5) is 5.69 Å². The van der Waals surface area contributed by atoms with Crippen LogP contribution in [0.3, 0.4) is 0 Å². The molecule has 0 aliphatic carbocycles. The van der Waals surface area contributed by atoms with E-state index in [1.54, 1.807) is 0 Å². The molecule has 0 N–H and O–H groups in total. The first kappa shape index (κ1) is 14.9. The van der Waals surface area contributed by atoms with Gasteiger partial charge in [0, 0.05) is 13.1 Å². The molecular weight excluding hydrogens is 276 g/mol. The van der Waals surface area contributed by atoms with E-state index in [1.165, 1.54) is 18.5 Å². The van der Waals surface area contributed by atoms with Crippen molar-refractivity contribution >= 4 is 5.69 Å². The summed E-state index contributed by atoms with van der Waals surface area (Å²) in [7, 11) is 0. The van der Waals surface area contributed by atoms with Crippen LogP contribution in [0.1, 0.15) is 36.8 Å². The number of hydrogen-bond acceptors (Lipinski definition) is 4. The minimum atomic E-state index is 0.502. The molecule has 1 fully saturated rings. The number of aromatic nitrogens is 1. The van der Waals surface area contributed by atoms with Crippen LogP contribution in [-0.2, 0) is 6.61 Å². The fraction of sp³-hybridized carbons (Fsp3) is 0.500. The highest BCUT2D eigenvalue weighted by atomic mass is 16.5. The predicted octanol–water partition coefficient (Wildman–Crippen LogP) is 4.11. The SMILES string of the molecule is Cc1noc(C)c1COc1ccccc1N1CCCC(C)C1. The molecule has 22 heavy (non-hydrogen) atoms. The van der Waals surface area contributed by atoms with Crippen LogP contribution in [-0.4, -0.2) is 18.2 Å². The Balaban J connectivity index is 1.76. The lowest BCUT2D eigenvalue weighted by Crippen LogP contribution is -2.34. The number of nitrogens with zero attached hydrogens (tertiary/aromatic N) is 2. The monoisotopic (exact) mass is 300 g/mol. The van der Waals surface area contributed by atoms with Crippen LogP contribution in [0.2, 0.25) is 0 Å². The number of benzene rings is 1. The molecule has 1 aliphatic rings. The summed E-state index contributed by atoms with van der Waals surface area (Å²) in [5.74, 6) is 2.52. The van der Waals surface area contributed by atoms with E-state index >= 15 is 0 Å². The van der Waals surface area contributed by atoms with Gasteiger partial charge in [-0.25, -0.2) is 0 Å². The van der Waals surface area contributed by atoms with Crippen LogP contribution < -0.4 is 9.64 Å². The number of anilines is 1. The Labute approximate surface area is 132 Å². The number of piperidine rings is 1. The molecule has 2 aromatic rings. The number of rotatable bonds is 4. The lowest BCUT2D eigenvalue weighted by atomic mass is 9.99. The van der Waals surface area contributed by atoms with Crippen molar-refractivity contribution in [1.82, 2.24) is 5.16 Å². The molecular formula is C18H24N2O2. The molecule has 0 radical (unpaired) electrons. The zero-order chi connectivity index (χ0) is 15.5. The Kier molecular flexibility index (Phi) is 4.36. The fourth-order valence-corrected chi connectivity index (χ4v) is 3.11. The first-order valence-electron chi connectivity index (χ1n) is 8.03. The minimum absolute atomic E-state index is 0.502. The van der Waals surface area contributed by atoms with Gasteiger partial charge in [0.1, 0.15) is 18.1 Å². The maximum absolute atomic E-state index is 6.09. The molecule has 1 aliphatic heterocycles. The zero-order valence-electron chi connectivity index (χ0n) is 13.6. The van der Waals surface area contributed by atoms with E-state index in [-0.39, 0.29) is 0 Å². The standard InChI is InChI=1S/C18H24N2O2/c1-13-7-6-10-20(11-13)17-8-4-5-9-18(17)21-12-16-14(2)19-22-15(16)3/h4-5,8-9,13H,6-7,10-12H2,1-3H3. The molecule has 2 heterocycles. The van der Waals surface area contributed by atoms with Crippen molar-refractivity contribution in [2.75, 3.05) is 18.0 Å². The van der Waals surface area contributed by atoms with Crippen LogP contribution in [0.25, 0.3) is 0 Å². The molecule has 0 saturated carbocycles. The van der Waals surface area contributed by atoms with Gasteiger partial charge in [-0.2, -0.15) is 0 Å². The fourth-order valence-electron chi connectivity index (χ4n) is 3.11. The molecule has 1 aromatic heterocycles. The molecule has 4 nitrogen and oxygen atoms in total. The molecule has 4 heteroatoms. The van der Waals surface area contributed by atoms with E-state index in [0.29, 0.717) is 6.61 Å². The number of aryl methyl sites for hydroxylation is 2. The zero-order valence-corrected chi connectivity index (χ0v) is 13.6. The first-order valence-corrected chi connectivity index (χ1v) is 8.03. The number of ether oxygens (including phenoxy) is 1. The Morgan fingerprint density at radius 3 is 2.86 bits per heavy atom. The summed E-state index contributed by atoms with van der Waals surface area (Å²) < 4.78 is 11.3. The van der Waals surface area contributed by atoms with Crippen molar-refractivity contribution in [3.05, 3.63) is 41.3 Å². The van der Waals surface area contributed by atoms with Crippen LogP contribution >= 0.6 is 0 Å². The molecule has 1 saturated heterocycles. The van der Waals surface area contributed by atoms with E-state index < -0.39 is 0 Å². The average molecular weight is 300 g/mol. The van der Waals surface area contributed by atoms with Gasteiger partial charge in [0.2, 0.25) is 0 Å². The first-order chi connectivity index (χ1) is 10.6. The Bertz CT molecular complexity index is 616.